The number of pyridine rings is 1. The van der Waals surface area contributed by atoms with E-state index < -0.39 is 4.92 Å². The van der Waals surface area contributed by atoms with E-state index in [0.29, 0.717) is 11.4 Å². The third-order valence-electron chi connectivity index (χ3n) is 2.85. The fourth-order valence-corrected chi connectivity index (χ4v) is 3.68. The Balaban J connectivity index is 1.93. The van der Waals surface area contributed by atoms with Gasteiger partial charge in [0.25, 0.3) is 5.91 Å². The highest BCUT2D eigenvalue weighted by atomic mass is 32.2. The number of rotatable bonds is 2. The predicted molar refractivity (Wildman–Crippen MR) is 77.6 cm³/mol. The SMILES string of the molecule is O=C(c1ccc([N+](=O)[O-])s1)N1CCSc2ccncc21. The lowest BCUT2D eigenvalue weighted by molar-refractivity contribution is -0.380. The van der Waals surface area contributed by atoms with Crippen molar-refractivity contribution in [3.8, 4) is 0 Å². The average Bonchev–Trinajstić information content (AvgIpc) is 2.96. The molecule has 6 nitrogen and oxygen atoms in total. The first kappa shape index (κ1) is 13.1. The van der Waals surface area contributed by atoms with Gasteiger partial charge >= 0.3 is 5.00 Å². The molecule has 0 aliphatic carbocycles. The van der Waals surface area contributed by atoms with Gasteiger partial charge in [0.2, 0.25) is 0 Å². The molecule has 20 heavy (non-hydrogen) atoms. The lowest BCUT2D eigenvalue weighted by Crippen LogP contribution is -2.35. The van der Waals surface area contributed by atoms with Crippen molar-refractivity contribution in [2.45, 2.75) is 4.90 Å². The predicted octanol–water partition coefficient (Wildman–Crippen LogP) is 2.80. The van der Waals surface area contributed by atoms with E-state index in [4.69, 9.17) is 0 Å². The Kier molecular flexibility index (Phi) is 3.41. The summed E-state index contributed by atoms with van der Waals surface area (Å²) in [6.45, 7) is 0.577. The summed E-state index contributed by atoms with van der Waals surface area (Å²) >= 11 is 2.58. The van der Waals surface area contributed by atoms with Crippen molar-refractivity contribution < 1.29 is 9.72 Å². The third kappa shape index (κ3) is 2.27. The first-order valence-electron chi connectivity index (χ1n) is 5.80. The van der Waals surface area contributed by atoms with Crippen LogP contribution in [0.5, 0.6) is 0 Å². The molecule has 102 valence electrons. The molecule has 0 aromatic carbocycles. The van der Waals surface area contributed by atoms with Crippen molar-refractivity contribution >= 4 is 39.7 Å². The summed E-state index contributed by atoms with van der Waals surface area (Å²) in [5.74, 6) is 0.591. The van der Waals surface area contributed by atoms with Crippen LogP contribution in [0.1, 0.15) is 9.67 Å². The number of aromatic nitrogens is 1. The maximum Gasteiger partial charge on any atom is 0.324 e. The minimum absolute atomic E-state index is 0.0221. The minimum atomic E-state index is -0.483. The summed E-state index contributed by atoms with van der Waals surface area (Å²) < 4.78 is 0. The molecule has 0 N–H and O–H groups in total. The van der Waals surface area contributed by atoms with Crippen LogP contribution in [0.15, 0.2) is 35.5 Å². The van der Waals surface area contributed by atoms with E-state index in [-0.39, 0.29) is 10.9 Å². The van der Waals surface area contributed by atoms with Gasteiger partial charge in [-0.05, 0) is 12.1 Å². The van der Waals surface area contributed by atoms with Gasteiger partial charge < -0.3 is 4.90 Å². The summed E-state index contributed by atoms with van der Waals surface area (Å²) in [6.07, 6.45) is 3.34. The summed E-state index contributed by atoms with van der Waals surface area (Å²) in [6, 6.07) is 4.74. The topological polar surface area (TPSA) is 76.3 Å². The Labute approximate surface area is 122 Å². The smallest absolute Gasteiger partial charge is 0.304 e. The first-order valence-corrected chi connectivity index (χ1v) is 7.60. The van der Waals surface area contributed by atoms with Crippen LogP contribution in [0.3, 0.4) is 0 Å². The van der Waals surface area contributed by atoms with Crippen LogP contribution in [-0.2, 0) is 0 Å². The van der Waals surface area contributed by atoms with Crippen molar-refractivity contribution in [1.29, 1.82) is 0 Å². The average molecular weight is 307 g/mol. The molecule has 0 fully saturated rings. The van der Waals surface area contributed by atoms with E-state index in [1.807, 2.05) is 6.07 Å². The van der Waals surface area contributed by atoms with E-state index in [1.54, 1.807) is 29.1 Å². The zero-order valence-electron chi connectivity index (χ0n) is 10.2. The number of carbonyl (C=O) groups is 1. The lowest BCUT2D eigenvalue weighted by atomic mass is 10.3. The quantitative estimate of drug-likeness (QED) is 0.630. The van der Waals surface area contributed by atoms with Crippen molar-refractivity contribution in [2.24, 2.45) is 0 Å². The largest absolute Gasteiger partial charge is 0.324 e. The van der Waals surface area contributed by atoms with Crippen LogP contribution in [-0.4, -0.2) is 28.1 Å². The number of amides is 1. The summed E-state index contributed by atoms with van der Waals surface area (Å²) in [5, 5.41) is 10.7. The van der Waals surface area contributed by atoms with E-state index >= 15 is 0 Å². The number of thiophene rings is 1. The minimum Gasteiger partial charge on any atom is -0.304 e. The molecule has 8 heteroatoms. The number of carbonyl (C=O) groups excluding carboxylic acids is 1. The molecule has 1 amide bonds. The van der Waals surface area contributed by atoms with Gasteiger partial charge in [-0.2, -0.15) is 0 Å². The Hall–Kier alpha value is -1.93. The number of thioether (sulfide) groups is 1. The summed E-state index contributed by atoms with van der Waals surface area (Å²) in [4.78, 5) is 29.7. The number of hydrogen-bond acceptors (Lipinski definition) is 6. The van der Waals surface area contributed by atoms with Gasteiger partial charge in [0.05, 0.1) is 21.7 Å². The molecule has 0 saturated carbocycles. The zero-order chi connectivity index (χ0) is 14.1. The highest BCUT2D eigenvalue weighted by Crippen LogP contribution is 2.35. The van der Waals surface area contributed by atoms with E-state index in [2.05, 4.69) is 4.98 Å². The Bertz CT molecular complexity index is 686. The van der Waals surface area contributed by atoms with Crippen molar-refractivity contribution in [3.05, 3.63) is 45.6 Å². The van der Waals surface area contributed by atoms with E-state index in [1.165, 1.54) is 12.1 Å². The second-order valence-corrected chi connectivity index (χ2v) is 6.24. The number of fused-ring (bicyclic) bond motifs is 1. The number of anilines is 1. The van der Waals surface area contributed by atoms with Crippen molar-refractivity contribution in [1.82, 2.24) is 4.98 Å². The molecule has 0 radical (unpaired) electrons. The fraction of sp³-hybridized carbons (Fsp3) is 0.167. The number of nitrogens with zero attached hydrogens (tertiary/aromatic N) is 3. The number of nitro groups is 1. The molecule has 3 heterocycles. The second-order valence-electron chi connectivity index (χ2n) is 4.04. The van der Waals surface area contributed by atoms with Crippen LogP contribution < -0.4 is 4.90 Å². The van der Waals surface area contributed by atoms with Gasteiger partial charge in [-0.25, -0.2) is 0 Å². The number of hydrogen-bond donors (Lipinski definition) is 0. The molecule has 0 saturated heterocycles. The molecule has 0 unspecified atom stereocenters. The lowest BCUT2D eigenvalue weighted by Gasteiger charge is -2.27. The van der Waals surface area contributed by atoms with Crippen LogP contribution in [0, 0.1) is 10.1 Å². The normalized spacial score (nSPS) is 13.9. The van der Waals surface area contributed by atoms with E-state index in [9.17, 15) is 14.9 Å². The van der Waals surface area contributed by atoms with Gasteiger partial charge in [-0.15, -0.1) is 11.8 Å². The first-order chi connectivity index (χ1) is 9.66. The molecular formula is C12H9N3O3S2. The highest BCUT2D eigenvalue weighted by Gasteiger charge is 2.26. The second kappa shape index (κ2) is 5.22. The zero-order valence-corrected chi connectivity index (χ0v) is 11.8. The molecule has 2 aromatic heterocycles. The fourth-order valence-electron chi connectivity index (χ4n) is 1.95. The van der Waals surface area contributed by atoms with Gasteiger partial charge in [-0.3, -0.25) is 19.9 Å². The molecule has 1 aliphatic heterocycles. The molecule has 3 rings (SSSR count). The van der Waals surface area contributed by atoms with Crippen molar-refractivity contribution in [3.63, 3.8) is 0 Å². The maximum atomic E-state index is 12.5. The van der Waals surface area contributed by atoms with Crippen LogP contribution in [0.25, 0.3) is 0 Å². The standard InChI is InChI=1S/C12H9N3O3S2/c16-12(10-1-2-11(20-10)15(17)18)14-5-6-19-9-3-4-13-7-8(9)14/h1-4,7H,5-6H2. The summed E-state index contributed by atoms with van der Waals surface area (Å²) in [5.41, 5.74) is 0.768. The molecule has 0 bridgehead atoms. The Morgan fingerprint density at radius 3 is 3.00 bits per heavy atom. The van der Waals surface area contributed by atoms with Gasteiger partial charge in [0, 0.05) is 29.5 Å². The molecule has 0 atom stereocenters. The van der Waals surface area contributed by atoms with Crippen LogP contribution in [0.4, 0.5) is 10.7 Å². The van der Waals surface area contributed by atoms with Crippen LogP contribution >= 0.6 is 23.1 Å². The molecular weight excluding hydrogens is 298 g/mol. The van der Waals surface area contributed by atoms with Gasteiger partial charge in [0.15, 0.2) is 0 Å². The van der Waals surface area contributed by atoms with Gasteiger partial charge in [-0.1, -0.05) is 11.3 Å². The van der Waals surface area contributed by atoms with Gasteiger partial charge in [0.1, 0.15) is 0 Å². The Morgan fingerprint density at radius 1 is 1.40 bits per heavy atom. The highest BCUT2D eigenvalue weighted by molar-refractivity contribution is 7.99. The van der Waals surface area contributed by atoms with E-state index in [0.717, 1.165) is 27.7 Å². The third-order valence-corrected chi connectivity index (χ3v) is 4.92. The maximum absolute atomic E-state index is 12.5. The summed E-state index contributed by atoms with van der Waals surface area (Å²) in [7, 11) is 0. The Morgan fingerprint density at radius 2 is 2.25 bits per heavy atom. The molecule has 2 aromatic rings. The van der Waals surface area contributed by atoms with Crippen LogP contribution in [0.2, 0.25) is 0 Å². The van der Waals surface area contributed by atoms with Crippen molar-refractivity contribution in [2.75, 3.05) is 17.2 Å². The molecule has 1 aliphatic rings. The molecule has 0 spiro atoms. The monoisotopic (exact) mass is 307 g/mol.